The molecule has 284 valence electrons. The zero-order valence-corrected chi connectivity index (χ0v) is 34.7. The summed E-state index contributed by atoms with van der Waals surface area (Å²) in [5, 5.41) is 0. The molecule has 0 unspecified atom stereocenters. The number of anilines is 2. The second-order valence-electron chi connectivity index (χ2n) is 17.1. The molecular formula is C50H66N4+2. The van der Waals surface area contributed by atoms with Crippen LogP contribution in [0, 0.1) is 0 Å². The van der Waals surface area contributed by atoms with Crippen LogP contribution in [0.3, 0.4) is 0 Å². The zero-order chi connectivity index (χ0) is 38.3. The van der Waals surface area contributed by atoms with Crippen molar-refractivity contribution < 1.29 is 9.15 Å². The van der Waals surface area contributed by atoms with Crippen LogP contribution < -0.4 is 9.80 Å². The molecule has 0 radical (unpaired) electrons. The average Bonchev–Trinajstić information content (AvgIpc) is 3.52. The molecular weight excluding hydrogens is 657 g/mol. The van der Waals surface area contributed by atoms with E-state index in [1.165, 1.54) is 102 Å². The van der Waals surface area contributed by atoms with Gasteiger partial charge >= 0.3 is 0 Å². The molecule has 0 aliphatic carbocycles. The average molecular weight is 723 g/mol. The quantitative estimate of drug-likeness (QED) is 0.0749. The lowest BCUT2D eigenvalue weighted by atomic mass is 9.79. The molecule has 2 heterocycles. The van der Waals surface area contributed by atoms with E-state index in [1.807, 2.05) is 0 Å². The number of allylic oxidation sites excluding steroid dienone is 1. The first kappa shape index (κ1) is 39.3. The molecule has 4 heteroatoms. The van der Waals surface area contributed by atoms with E-state index in [2.05, 4.69) is 184 Å². The number of para-hydroxylation sites is 2. The molecule has 0 aromatic heterocycles. The molecule has 0 saturated heterocycles. The molecule has 6 rings (SSSR count). The van der Waals surface area contributed by atoms with Crippen molar-refractivity contribution in [2.24, 2.45) is 0 Å². The predicted octanol–water partition coefficient (Wildman–Crippen LogP) is 11.7. The fourth-order valence-corrected chi connectivity index (χ4v) is 8.84. The maximum atomic E-state index is 2.68. The smallest absolute Gasteiger partial charge is 0.209 e. The monoisotopic (exact) mass is 723 g/mol. The Bertz CT molecular complexity index is 1950. The summed E-state index contributed by atoms with van der Waals surface area (Å²) >= 11 is 0. The van der Waals surface area contributed by atoms with Gasteiger partial charge < -0.3 is 9.80 Å². The van der Waals surface area contributed by atoms with Crippen molar-refractivity contribution in [1.29, 1.82) is 0 Å². The van der Waals surface area contributed by atoms with Gasteiger partial charge in [0.05, 0.1) is 10.8 Å². The lowest BCUT2D eigenvalue weighted by Gasteiger charge is -2.18. The Labute approximate surface area is 327 Å². The topological polar surface area (TPSA) is 12.5 Å². The minimum atomic E-state index is -0.0136. The van der Waals surface area contributed by atoms with E-state index < -0.39 is 0 Å². The van der Waals surface area contributed by atoms with Gasteiger partial charge in [0.25, 0.3) is 0 Å². The minimum Gasteiger partial charge on any atom is -0.378 e. The number of nitrogens with zero attached hydrogens (tertiary/aromatic N) is 4. The van der Waals surface area contributed by atoms with Crippen molar-refractivity contribution in [1.82, 2.24) is 0 Å². The Kier molecular flexibility index (Phi) is 12.6. The number of rotatable bonds is 18. The number of fused-ring (bicyclic) bond motifs is 2. The highest BCUT2D eigenvalue weighted by Crippen LogP contribution is 2.42. The van der Waals surface area contributed by atoms with E-state index in [0.29, 0.717) is 0 Å². The van der Waals surface area contributed by atoms with E-state index in [1.54, 1.807) is 5.71 Å². The first-order valence-electron chi connectivity index (χ1n) is 20.7. The summed E-state index contributed by atoms with van der Waals surface area (Å²) in [7, 11) is 8.40. The molecule has 0 atom stereocenters. The van der Waals surface area contributed by atoms with Gasteiger partial charge in [-0.2, -0.15) is 9.15 Å². The summed E-state index contributed by atoms with van der Waals surface area (Å²) in [6, 6.07) is 36.1. The summed E-state index contributed by atoms with van der Waals surface area (Å²) in [6.07, 6.45) is 17.3. The van der Waals surface area contributed by atoms with Crippen LogP contribution in [0.4, 0.5) is 22.7 Å². The Morgan fingerprint density at radius 3 is 1.50 bits per heavy atom. The number of unbranched alkanes of at least 4 members (excludes halogenated alkanes) is 7. The molecule has 0 amide bonds. The summed E-state index contributed by atoms with van der Waals surface area (Å²) in [5.74, 6) is 0. The van der Waals surface area contributed by atoms with Crippen LogP contribution in [-0.4, -0.2) is 61.9 Å². The molecule has 0 spiro atoms. The molecule has 4 nitrogen and oxygen atoms in total. The van der Waals surface area contributed by atoms with E-state index in [0.717, 1.165) is 25.9 Å². The molecule has 0 N–H and O–H groups in total. The minimum absolute atomic E-state index is 0.0136. The maximum Gasteiger partial charge on any atom is 0.209 e. The van der Waals surface area contributed by atoms with Gasteiger partial charge in [-0.15, -0.1) is 0 Å². The largest absolute Gasteiger partial charge is 0.378 e. The summed E-state index contributed by atoms with van der Waals surface area (Å²) in [5.41, 5.74) is 13.9. The number of aryl methyl sites for hydroxylation is 1. The molecule has 4 aromatic carbocycles. The lowest BCUT2D eigenvalue weighted by Crippen LogP contribution is -2.30. The number of benzene rings is 4. The van der Waals surface area contributed by atoms with Gasteiger partial charge in [-0.1, -0.05) is 86.3 Å². The third kappa shape index (κ3) is 8.75. The second kappa shape index (κ2) is 17.4. The Balaban J connectivity index is 0.982. The summed E-state index contributed by atoms with van der Waals surface area (Å²) in [6.45, 7) is 11.8. The molecule has 54 heavy (non-hydrogen) atoms. The van der Waals surface area contributed by atoms with Gasteiger partial charge in [-0.05, 0) is 88.4 Å². The Morgan fingerprint density at radius 2 is 0.944 bits per heavy atom. The van der Waals surface area contributed by atoms with E-state index in [-0.39, 0.29) is 10.8 Å². The van der Waals surface area contributed by atoms with E-state index in [4.69, 9.17) is 0 Å². The molecule has 0 bridgehead atoms. The van der Waals surface area contributed by atoms with Crippen molar-refractivity contribution >= 4 is 40.2 Å². The third-order valence-electron chi connectivity index (χ3n) is 12.2. The number of hydrogen-bond acceptors (Lipinski definition) is 2. The third-order valence-corrected chi connectivity index (χ3v) is 12.2. The highest BCUT2D eigenvalue weighted by molar-refractivity contribution is 6.05. The Hall–Kier alpha value is -4.44. The predicted molar refractivity (Wildman–Crippen MR) is 234 cm³/mol. The molecule has 0 saturated carbocycles. The highest BCUT2D eigenvalue weighted by Gasteiger charge is 2.45. The van der Waals surface area contributed by atoms with Gasteiger partial charge in [0.1, 0.15) is 13.1 Å². The van der Waals surface area contributed by atoms with Crippen LogP contribution in [0.25, 0.3) is 6.08 Å². The first-order chi connectivity index (χ1) is 26.0. The van der Waals surface area contributed by atoms with Crippen LogP contribution >= 0.6 is 0 Å². The van der Waals surface area contributed by atoms with Crippen molar-refractivity contribution in [3.05, 3.63) is 125 Å². The van der Waals surface area contributed by atoms with Crippen LogP contribution in [0.15, 0.2) is 103 Å². The van der Waals surface area contributed by atoms with Gasteiger partial charge in [-0.3, -0.25) is 0 Å². The fraction of sp³-hybridized carbons (Fsp3) is 0.440. The molecule has 2 aliphatic rings. The molecule has 2 aliphatic heterocycles. The first-order valence-corrected chi connectivity index (χ1v) is 20.7. The SMILES string of the molecule is CN(C)c1ccc(/C=C/C2=[N+](CCCCCCCCCC[N+]3=C(CCc4ccc(N(C)C)cc4)C(C)(C)c4ccccc43)c3ccccc3C2(C)C)cc1. The zero-order valence-electron chi connectivity index (χ0n) is 34.7. The fourth-order valence-electron chi connectivity index (χ4n) is 8.84. The van der Waals surface area contributed by atoms with Crippen molar-refractivity contribution in [2.45, 2.75) is 103 Å². The van der Waals surface area contributed by atoms with Gasteiger partial charge in [0, 0.05) is 88.2 Å². The lowest BCUT2D eigenvalue weighted by molar-refractivity contribution is -0.440. The van der Waals surface area contributed by atoms with Crippen molar-refractivity contribution in [2.75, 3.05) is 51.1 Å². The molecule has 0 fully saturated rings. The maximum absolute atomic E-state index is 2.68. The van der Waals surface area contributed by atoms with Gasteiger partial charge in [0.15, 0.2) is 11.4 Å². The van der Waals surface area contributed by atoms with Crippen molar-refractivity contribution in [3.63, 3.8) is 0 Å². The number of hydrogen-bond donors (Lipinski definition) is 0. The van der Waals surface area contributed by atoms with Crippen LogP contribution in [0.1, 0.15) is 108 Å². The summed E-state index contributed by atoms with van der Waals surface area (Å²) < 4.78 is 5.28. The van der Waals surface area contributed by atoms with Gasteiger partial charge in [0.2, 0.25) is 11.4 Å². The summed E-state index contributed by atoms with van der Waals surface area (Å²) in [4.78, 5) is 4.33. The molecule has 4 aromatic rings. The normalized spacial score (nSPS) is 15.6. The van der Waals surface area contributed by atoms with Crippen LogP contribution in [-0.2, 0) is 17.3 Å². The van der Waals surface area contributed by atoms with Crippen molar-refractivity contribution in [3.8, 4) is 0 Å². The van der Waals surface area contributed by atoms with Crippen LogP contribution in [0.5, 0.6) is 0 Å². The van der Waals surface area contributed by atoms with Crippen LogP contribution in [0.2, 0.25) is 0 Å². The van der Waals surface area contributed by atoms with Gasteiger partial charge in [-0.25, -0.2) is 0 Å². The van der Waals surface area contributed by atoms with E-state index >= 15 is 0 Å². The van der Waals surface area contributed by atoms with E-state index in [9.17, 15) is 0 Å². The Morgan fingerprint density at radius 1 is 0.481 bits per heavy atom. The standard InChI is InChI=1S/C50H66N4/c1-49(2)43-21-15-17-23-45(43)53(47(49)35-29-39-25-31-41(32-26-39)51(5)6)37-19-13-11-9-10-12-14-20-38-54-46-24-18-16-22-44(46)50(3,4)48(54)36-30-40-27-33-42(34-28-40)52(7)8/h15-18,21-29,31-35H,9-14,19-20,30,36-38H2,1-8H3/q+2. The highest BCUT2D eigenvalue weighted by atomic mass is 15.1. The second-order valence-corrected chi connectivity index (χ2v) is 17.1.